The van der Waals surface area contributed by atoms with Crippen LogP contribution in [0.15, 0.2) is 29.3 Å². The number of benzene rings is 1. The van der Waals surface area contributed by atoms with Gasteiger partial charge in [-0.15, -0.1) is 0 Å². The monoisotopic (exact) mass is 257 g/mol. The van der Waals surface area contributed by atoms with E-state index in [0.29, 0.717) is 6.54 Å². The normalized spacial score (nSPS) is 17.3. The summed E-state index contributed by atoms with van der Waals surface area (Å²) in [4.78, 5) is 3.96. The van der Waals surface area contributed by atoms with Crippen molar-refractivity contribution in [2.24, 2.45) is 16.5 Å². The summed E-state index contributed by atoms with van der Waals surface area (Å²) in [7, 11) is 0. The van der Waals surface area contributed by atoms with Crippen LogP contribution in [0, 0.1) is 0 Å². The summed E-state index contributed by atoms with van der Waals surface area (Å²) >= 11 is 0. The second-order valence-electron chi connectivity index (χ2n) is 4.60. The van der Waals surface area contributed by atoms with E-state index in [0.717, 1.165) is 30.5 Å². The molecular weight excluding hydrogens is 243 g/mol. The van der Waals surface area contributed by atoms with Gasteiger partial charge in [-0.05, 0) is 30.5 Å². The van der Waals surface area contributed by atoms with Crippen LogP contribution in [0.3, 0.4) is 0 Å². The van der Waals surface area contributed by atoms with Gasteiger partial charge in [0.1, 0.15) is 0 Å². The molecule has 18 heavy (non-hydrogen) atoms. The largest absolute Gasteiger partial charge is 0.416 e. The van der Waals surface area contributed by atoms with Crippen LogP contribution in [0.2, 0.25) is 0 Å². The van der Waals surface area contributed by atoms with Crippen LogP contribution < -0.4 is 11.5 Å². The highest BCUT2D eigenvalue weighted by atomic mass is 19.4. The molecule has 1 aliphatic rings. The molecule has 0 aliphatic heterocycles. The number of hydrogen-bond donors (Lipinski definition) is 2. The molecule has 1 fully saturated rings. The molecule has 0 amide bonds. The van der Waals surface area contributed by atoms with E-state index >= 15 is 0 Å². The smallest absolute Gasteiger partial charge is 0.370 e. The standard InChI is InChI=1S/C12H14F3N3/c13-12(14,15)9-3-1-8(2-4-9)11(5-6-11)7-18-10(16)17/h1-4H,5-7H2,(H4,16,17,18). The van der Waals surface area contributed by atoms with Gasteiger partial charge >= 0.3 is 6.18 Å². The van der Waals surface area contributed by atoms with Gasteiger partial charge in [-0.25, -0.2) is 0 Å². The molecule has 0 bridgehead atoms. The van der Waals surface area contributed by atoms with Crippen LogP contribution in [0.5, 0.6) is 0 Å². The van der Waals surface area contributed by atoms with Crippen LogP contribution in [0.25, 0.3) is 0 Å². The highest BCUT2D eigenvalue weighted by molar-refractivity contribution is 5.75. The second kappa shape index (κ2) is 4.19. The molecule has 0 radical (unpaired) electrons. The Labute approximate surface area is 103 Å². The maximum absolute atomic E-state index is 12.4. The van der Waals surface area contributed by atoms with Crippen molar-refractivity contribution in [1.29, 1.82) is 0 Å². The maximum atomic E-state index is 12.4. The number of halogens is 3. The highest BCUT2D eigenvalue weighted by Gasteiger charge is 2.44. The van der Waals surface area contributed by atoms with Crippen LogP contribution in [-0.2, 0) is 11.6 Å². The second-order valence-corrected chi connectivity index (χ2v) is 4.60. The van der Waals surface area contributed by atoms with E-state index in [1.54, 1.807) is 0 Å². The molecule has 0 heterocycles. The van der Waals surface area contributed by atoms with E-state index in [-0.39, 0.29) is 11.4 Å². The van der Waals surface area contributed by atoms with E-state index in [1.807, 2.05) is 0 Å². The zero-order valence-electron chi connectivity index (χ0n) is 9.67. The third-order valence-electron chi connectivity index (χ3n) is 3.24. The van der Waals surface area contributed by atoms with Gasteiger partial charge < -0.3 is 11.5 Å². The number of aliphatic imine (C=N–C) groups is 1. The fraction of sp³-hybridized carbons (Fsp3) is 0.417. The Morgan fingerprint density at radius 2 is 1.72 bits per heavy atom. The molecule has 0 unspecified atom stereocenters. The topological polar surface area (TPSA) is 64.4 Å². The van der Waals surface area contributed by atoms with Crippen LogP contribution in [-0.4, -0.2) is 12.5 Å². The minimum absolute atomic E-state index is 0.00758. The summed E-state index contributed by atoms with van der Waals surface area (Å²) in [5.74, 6) is 0.00758. The molecule has 98 valence electrons. The molecule has 1 saturated carbocycles. The number of nitrogens with zero attached hydrogens (tertiary/aromatic N) is 1. The quantitative estimate of drug-likeness (QED) is 0.642. The molecule has 0 saturated heterocycles. The Kier molecular flexibility index (Phi) is 2.96. The lowest BCUT2D eigenvalue weighted by Gasteiger charge is -2.14. The first-order valence-electron chi connectivity index (χ1n) is 5.57. The number of alkyl halides is 3. The Morgan fingerprint density at radius 1 is 1.17 bits per heavy atom. The maximum Gasteiger partial charge on any atom is 0.416 e. The number of hydrogen-bond acceptors (Lipinski definition) is 1. The Morgan fingerprint density at radius 3 is 2.11 bits per heavy atom. The van der Waals surface area contributed by atoms with E-state index in [9.17, 15) is 13.2 Å². The molecule has 2 rings (SSSR count). The first kappa shape index (κ1) is 12.7. The van der Waals surface area contributed by atoms with Crippen molar-refractivity contribution >= 4 is 5.96 Å². The van der Waals surface area contributed by atoms with Crippen molar-refractivity contribution in [3.05, 3.63) is 35.4 Å². The Balaban J connectivity index is 2.17. The van der Waals surface area contributed by atoms with E-state index in [4.69, 9.17) is 11.5 Å². The van der Waals surface area contributed by atoms with Gasteiger partial charge in [0.15, 0.2) is 5.96 Å². The lowest BCUT2D eigenvalue weighted by molar-refractivity contribution is -0.137. The van der Waals surface area contributed by atoms with E-state index in [2.05, 4.69) is 4.99 Å². The van der Waals surface area contributed by atoms with Crippen molar-refractivity contribution < 1.29 is 13.2 Å². The first-order valence-corrected chi connectivity index (χ1v) is 5.57. The fourth-order valence-electron chi connectivity index (χ4n) is 1.94. The van der Waals surface area contributed by atoms with Crippen LogP contribution in [0.4, 0.5) is 13.2 Å². The molecule has 0 spiro atoms. The van der Waals surface area contributed by atoms with Gasteiger partial charge in [0.2, 0.25) is 0 Å². The van der Waals surface area contributed by atoms with Crippen molar-refractivity contribution in [1.82, 2.24) is 0 Å². The van der Waals surface area contributed by atoms with Crippen molar-refractivity contribution in [2.45, 2.75) is 24.4 Å². The molecule has 1 aliphatic carbocycles. The van der Waals surface area contributed by atoms with Gasteiger partial charge in [0.05, 0.1) is 12.1 Å². The van der Waals surface area contributed by atoms with Crippen LogP contribution in [0.1, 0.15) is 24.0 Å². The first-order chi connectivity index (χ1) is 8.33. The Bertz CT molecular complexity index is 454. The summed E-state index contributed by atoms with van der Waals surface area (Å²) in [5, 5.41) is 0. The van der Waals surface area contributed by atoms with Crippen LogP contribution >= 0.6 is 0 Å². The van der Waals surface area contributed by atoms with Gasteiger partial charge in [-0.3, -0.25) is 4.99 Å². The van der Waals surface area contributed by atoms with Crippen molar-refractivity contribution in [3.8, 4) is 0 Å². The SMILES string of the molecule is NC(N)=NCC1(c2ccc(C(F)(F)F)cc2)CC1. The molecule has 4 N–H and O–H groups in total. The summed E-state index contributed by atoms with van der Waals surface area (Å²) in [5.41, 5.74) is 10.6. The summed E-state index contributed by atoms with van der Waals surface area (Å²) < 4.78 is 37.3. The molecular formula is C12H14F3N3. The Hall–Kier alpha value is -1.72. The molecule has 1 aromatic carbocycles. The average Bonchev–Trinajstić information content (AvgIpc) is 3.06. The zero-order valence-corrected chi connectivity index (χ0v) is 9.67. The molecule has 3 nitrogen and oxygen atoms in total. The van der Waals surface area contributed by atoms with E-state index in [1.165, 1.54) is 12.1 Å². The average molecular weight is 257 g/mol. The summed E-state index contributed by atoms with van der Waals surface area (Å²) in [6, 6.07) is 5.23. The van der Waals surface area contributed by atoms with Gasteiger partial charge in [0, 0.05) is 5.41 Å². The third-order valence-corrected chi connectivity index (χ3v) is 3.24. The van der Waals surface area contributed by atoms with Gasteiger partial charge in [-0.2, -0.15) is 13.2 Å². The lowest BCUT2D eigenvalue weighted by atomic mass is 9.95. The minimum atomic E-state index is -4.30. The molecule has 6 heteroatoms. The third kappa shape index (κ3) is 2.57. The fourth-order valence-corrected chi connectivity index (χ4v) is 1.94. The zero-order chi connectivity index (χ0) is 13.4. The molecule has 0 aromatic heterocycles. The number of nitrogens with two attached hydrogens (primary N) is 2. The predicted molar refractivity (Wildman–Crippen MR) is 63.0 cm³/mol. The van der Waals surface area contributed by atoms with Crippen molar-refractivity contribution in [3.63, 3.8) is 0 Å². The van der Waals surface area contributed by atoms with Gasteiger partial charge in [-0.1, -0.05) is 12.1 Å². The predicted octanol–water partition coefficient (Wildman–Crippen LogP) is 2.01. The lowest BCUT2D eigenvalue weighted by Crippen LogP contribution is -2.25. The number of rotatable bonds is 3. The van der Waals surface area contributed by atoms with Gasteiger partial charge in [0.25, 0.3) is 0 Å². The molecule has 1 aromatic rings. The highest BCUT2D eigenvalue weighted by Crippen LogP contribution is 2.48. The summed E-state index contributed by atoms with van der Waals surface area (Å²) in [6.45, 7) is 0.431. The minimum Gasteiger partial charge on any atom is -0.370 e. The number of guanidine groups is 1. The van der Waals surface area contributed by atoms with Crippen molar-refractivity contribution in [2.75, 3.05) is 6.54 Å². The molecule has 0 atom stereocenters. The van der Waals surface area contributed by atoms with E-state index < -0.39 is 11.7 Å². The summed E-state index contributed by atoms with van der Waals surface area (Å²) in [6.07, 6.45) is -2.50.